The zero-order valence-electron chi connectivity index (χ0n) is 21.3. The topological polar surface area (TPSA) is 184 Å². The molecule has 1 aromatic heterocycles. The molecule has 4 N–H and O–H groups in total. The highest BCUT2D eigenvalue weighted by Gasteiger charge is 2.27. The summed E-state index contributed by atoms with van der Waals surface area (Å²) in [6.45, 7) is 0. The molecule has 4 rings (SSSR count). The number of amidine groups is 1. The van der Waals surface area contributed by atoms with Crippen molar-refractivity contribution in [3.8, 4) is 28.3 Å². The number of fused-ring (bicyclic) bond motifs is 1. The molecule has 1 atom stereocenters. The van der Waals surface area contributed by atoms with Crippen molar-refractivity contribution in [2.75, 3.05) is 21.3 Å². The number of esters is 2. The number of carbonyl (C=O) groups excluding carboxylic acids is 2. The first-order chi connectivity index (χ1) is 18.6. The molecule has 0 amide bonds. The maximum Gasteiger partial charge on any atom is 0.313 e. The molecule has 12 heteroatoms. The maximum absolute atomic E-state index is 12.8. The highest BCUT2D eigenvalue weighted by atomic mass is 16.6. The number of ether oxygens (including phenoxy) is 3. The van der Waals surface area contributed by atoms with Crippen LogP contribution in [-0.2, 0) is 19.1 Å². The summed E-state index contributed by atoms with van der Waals surface area (Å²) in [5, 5.41) is 19.2. The van der Waals surface area contributed by atoms with Crippen molar-refractivity contribution in [2.24, 2.45) is 5.73 Å². The van der Waals surface area contributed by atoms with E-state index in [1.165, 1.54) is 39.5 Å². The van der Waals surface area contributed by atoms with Crippen molar-refractivity contribution in [3.63, 3.8) is 0 Å². The Bertz CT molecular complexity index is 1610. The number of nitro benzene ring substituents is 1. The number of nitrogen functional groups attached to an aromatic ring is 1. The monoisotopic (exact) mass is 531 g/mol. The van der Waals surface area contributed by atoms with E-state index in [-0.39, 0.29) is 17.9 Å². The Morgan fingerprint density at radius 2 is 1.79 bits per heavy atom. The van der Waals surface area contributed by atoms with Crippen LogP contribution < -0.4 is 10.5 Å². The fourth-order valence-electron chi connectivity index (χ4n) is 4.22. The zero-order valence-corrected chi connectivity index (χ0v) is 21.3. The Balaban J connectivity index is 1.97. The van der Waals surface area contributed by atoms with Gasteiger partial charge in [-0.1, -0.05) is 6.07 Å². The standard InChI is InChI=1S/C27H25N5O7/c1-37-23-7-5-18(32(35)36)12-19(23)15-8-16(20(27(34)39-3)13-24(33)38-2)10-17(9-15)26-30-21-6-4-14(25(28)29)11-22(21)31-26/h4-12,20H,13H2,1-3H3,(H3,28,29)(H,30,31). The lowest BCUT2D eigenvalue weighted by molar-refractivity contribution is -0.384. The summed E-state index contributed by atoms with van der Waals surface area (Å²) >= 11 is 0. The van der Waals surface area contributed by atoms with E-state index in [9.17, 15) is 19.7 Å². The summed E-state index contributed by atoms with van der Waals surface area (Å²) in [7, 11) is 3.87. The molecule has 0 fully saturated rings. The molecule has 0 radical (unpaired) electrons. The average Bonchev–Trinajstić information content (AvgIpc) is 3.38. The normalized spacial score (nSPS) is 11.6. The Morgan fingerprint density at radius 3 is 2.44 bits per heavy atom. The van der Waals surface area contributed by atoms with Gasteiger partial charge in [-0.15, -0.1) is 0 Å². The molecule has 200 valence electrons. The highest BCUT2D eigenvalue weighted by Crippen LogP contribution is 2.38. The minimum atomic E-state index is -1.03. The lowest BCUT2D eigenvalue weighted by Gasteiger charge is -2.17. The summed E-state index contributed by atoms with van der Waals surface area (Å²) in [5.41, 5.74) is 9.00. The minimum Gasteiger partial charge on any atom is -0.496 e. The quantitative estimate of drug-likeness (QED) is 0.0947. The number of nitrogens with two attached hydrogens (primary N) is 1. The van der Waals surface area contributed by atoms with E-state index < -0.39 is 22.8 Å². The second-order valence-corrected chi connectivity index (χ2v) is 8.57. The second kappa shape index (κ2) is 11.0. The van der Waals surface area contributed by atoms with Crippen LogP contribution in [0.1, 0.15) is 23.5 Å². The smallest absolute Gasteiger partial charge is 0.313 e. The largest absolute Gasteiger partial charge is 0.496 e. The van der Waals surface area contributed by atoms with Crippen molar-refractivity contribution < 1.29 is 28.7 Å². The number of nitrogens with one attached hydrogen (secondary N) is 2. The SMILES string of the molecule is COC(=O)CC(C(=O)OC)c1cc(-c2nc3ccc(C(=N)N)cc3[nH]2)cc(-c2cc([N+](=O)[O-])ccc2OC)c1. The van der Waals surface area contributed by atoms with Gasteiger partial charge in [-0.25, -0.2) is 4.98 Å². The average molecular weight is 532 g/mol. The molecular weight excluding hydrogens is 506 g/mol. The number of methoxy groups -OCH3 is 3. The van der Waals surface area contributed by atoms with E-state index in [0.29, 0.717) is 50.4 Å². The van der Waals surface area contributed by atoms with Gasteiger partial charge in [0.05, 0.1) is 49.6 Å². The van der Waals surface area contributed by atoms with Gasteiger partial charge in [0, 0.05) is 28.8 Å². The third-order valence-corrected chi connectivity index (χ3v) is 6.21. The van der Waals surface area contributed by atoms with Gasteiger partial charge in [-0.05, 0) is 47.5 Å². The Morgan fingerprint density at radius 1 is 1.05 bits per heavy atom. The summed E-state index contributed by atoms with van der Waals surface area (Å²) in [5.74, 6) is -1.63. The number of hydrogen-bond donors (Lipinski definition) is 3. The van der Waals surface area contributed by atoms with E-state index in [4.69, 9.17) is 25.4 Å². The molecule has 0 spiro atoms. The fourth-order valence-corrected chi connectivity index (χ4v) is 4.22. The van der Waals surface area contributed by atoms with Crippen molar-refractivity contribution in [3.05, 3.63) is 75.8 Å². The zero-order chi connectivity index (χ0) is 28.3. The van der Waals surface area contributed by atoms with Gasteiger partial charge in [0.1, 0.15) is 17.4 Å². The maximum atomic E-state index is 12.8. The van der Waals surface area contributed by atoms with Gasteiger partial charge in [0.25, 0.3) is 5.69 Å². The van der Waals surface area contributed by atoms with Gasteiger partial charge >= 0.3 is 11.9 Å². The van der Waals surface area contributed by atoms with Crippen molar-refractivity contribution >= 4 is 34.5 Å². The number of H-pyrrole nitrogens is 1. The van der Waals surface area contributed by atoms with E-state index in [0.717, 1.165) is 0 Å². The van der Waals surface area contributed by atoms with Crippen LogP contribution in [0.15, 0.2) is 54.6 Å². The number of imidazole rings is 1. The highest BCUT2D eigenvalue weighted by molar-refractivity contribution is 5.98. The minimum absolute atomic E-state index is 0.0983. The first kappa shape index (κ1) is 26.8. The Labute approximate surface area is 222 Å². The third-order valence-electron chi connectivity index (χ3n) is 6.21. The first-order valence-electron chi connectivity index (χ1n) is 11.6. The molecule has 4 aromatic rings. The van der Waals surface area contributed by atoms with E-state index in [1.54, 1.807) is 36.4 Å². The summed E-state index contributed by atoms with van der Waals surface area (Å²) in [6, 6.07) is 14.3. The number of nitro groups is 1. The molecule has 0 bridgehead atoms. The summed E-state index contributed by atoms with van der Waals surface area (Å²) in [6.07, 6.45) is -0.291. The fraction of sp³-hybridized carbons (Fsp3) is 0.185. The van der Waals surface area contributed by atoms with E-state index in [2.05, 4.69) is 9.97 Å². The molecule has 0 aliphatic rings. The Hall–Kier alpha value is -5.26. The molecule has 1 unspecified atom stereocenters. The molecule has 0 aliphatic heterocycles. The van der Waals surface area contributed by atoms with E-state index in [1.807, 2.05) is 0 Å². The number of hydrogen-bond acceptors (Lipinski definition) is 9. The first-order valence-corrected chi connectivity index (χ1v) is 11.6. The molecule has 0 aliphatic carbocycles. The molecular formula is C27H25N5O7. The predicted molar refractivity (Wildman–Crippen MR) is 143 cm³/mol. The van der Waals surface area contributed by atoms with Crippen LogP contribution in [0.25, 0.3) is 33.5 Å². The van der Waals surface area contributed by atoms with Crippen molar-refractivity contribution in [1.82, 2.24) is 9.97 Å². The molecule has 0 saturated heterocycles. The lowest BCUT2D eigenvalue weighted by atomic mass is 9.90. The number of aromatic amines is 1. The molecule has 12 nitrogen and oxygen atoms in total. The van der Waals surface area contributed by atoms with Crippen molar-refractivity contribution in [2.45, 2.75) is 12.3 Å². The number of nitrogens with zero attached hydrogens (tertiary/aromatic N) is 2. The lowest BCUT2D eigenvalue weighted by Crippen LogP contribution is -2.19. The number of carbonyl (C=O) groups is 2. The number of rotatable bonds is 9. The van der Waals surface area contributed by atoms with Gasteiger partial charge in [-0.3, -0.25) is 25.1 Å². The molecule has 39 heavy (non-hydrogen) atoms. The van der Waals surface area contributed by atoms with Crippen LogP contribution in [0.5, 0.6) is 5.75 Å². The van der Waals surface area contributed by atoms with Gasteiger partial charge < -0.3 is 24.9 Å². The molecule has 0 saturated carbocycles. The van der Waals surface area contributed by atoms with Crippen LogP contribution in [0.3, 0.4) is 0 Å². The van der Waals surface area contributed by atoms with Crippen molar-refractivity contribution in [1.29, 1.82) is 5.41 Å². The van der Waals surface area contributed by atoms with Crippen LogP contribution in [0, 0.1) is 15.5 Å². The van der Waals surface area contributed by atoms with Crippen LogP contribution in [-0.4, -0.2) is 54.0 Å². The van der Waals surface area contributed by atoms with Gasteiger partial charge in [0.2, 0.25) is 0 Å². The molecule has 1 heterocycles. The second-order valence-electron chi connectivity index (χ2n) is 8.57. The van der Waals surface area contributed by atoms with Crippen LogP contribution in [0.4, 0.5) is 5.69 Å². The number of benzene rings is 3. The van der Waals surface area contributed by atoms with Gasteiger partial charge in [-0.2, -0.15) is 0 Å². The van der Waals surface area contributed by atoms with Crippen LogP contribution >= 0.6 is 0 Å². The Kier molecular flexibility index (Phi) is 7.56. The number of non-ortho nitro benzene ring substituents is 1. The number of aromatic nitrogens is 2. The molecule has 3 aromatic carbocycles. The van der Waals surface area contributed by atoms with Gasteiger partial charge in [0.15, 0.2) is 0 Å². The summed E-state index contributed by atoms with van der Waals surface area (Å²) in [4.78, 5) is 43.8. The third kappa shape index (κ3) is 5.54. The summed E-state index contributed by atoms with van der Waals surface area (Å²) < 4.78 is 15.2. The van der Waals surface area contributed by atoms with Crippen LogP contribution in [0.2, 0.25) is 0 Å². The predicted octanol–water partition coefficient (Wildman–Crippen LogP) is 3.92. The van der Waals surface area contributed by atoms with E-state index >= 15 is 0 Å².